The van der Waals surface area contributed by atoms with Crippen LogP contribution in [0.3, 0.4) is 0 Å². The number of primary sulfonamides is 1. The van der Waals surface area contributed by atoms with Crippen molar-refractivity contribution in [2.75, 3.05) is 11.9 Å². The molecule has 3 N–H and O–H groups in total. The van der Waals surface area contributed by atoms with Crippen molar-refractivity contribution in [3.8, 4) is 0 Å². The molecule has 0 aliphatic rings. The van der Waals surface area contributed by atoms with Gasteiger partial charge < -0.3 is 4.74 Å². The maximum atomic E-state index is 12.0. The van der Waals surface area contributed by atoms with Crippen molar-refractivity contribution < 1.29 is 22.7 Å². The number of rotatable bonds is 5. The van der Waals surface area contributed by atoms with E-state index in [1.807, 2.05) is 0 Å². The number of amides is 1. The Hall–Kier alpha value is -1.82. The first-order valence-electron chi connectivity index (χ1n) is 6.38. The molecule has 1 heterocycles. The van der Waals surface area contributed by atoms with Crippen molar-refractivity contribution in [3.05, 3.63) is 39.3 Å². The molecule has 24 heavy (non-hydrogen) atoms. The van der Waals surface area contributed by atoms with E-state index in [1.165, 1.54) is 23.5 Å². The van der Waals surface area contributed by atoms with Gasteiger partial charge in [-0.05, 0) is 41.1 Å². The van der Waals surface area contributed by atoms with E-state index in [1.54, 1.807) is 12.3 Å². The minimum absolute atomic E-state index is 0.0561. The molecule has 2 rings (SSSR count). The van der Waals surface area contributed by atoms with Crippen LogP contribution in [0.2, 0.25) is 0 Å². The first-order chi connectivity index (χ1) is 11.2. The smallest absolute Gasteiger partial charge is 0.339 e. The summed E-state index contributed by atoms with van der Waals surface area (Å²) in [6, 6.07) is 3.67. The number of aromatic nitrogens is 1. The molecule has 0 atom stereocenters. The summed E-state index contributed by atoms with van der Waals surface area (Å²) in [6.07, 6.45) is 0. The average molecular weight is 434 g/mol. The van der Waals surface area contributed by atoms with Gasteiger partial charge in [0.05, 0.1) is 16.2 Å². The quantitative estimate of drug-likeness (QED) is 0.689. The van der Waals surface area contributed by atoms with Crippen LogP contribution in [0, 0.1) is 6.92 Å². The molecule has 0 unspecified atom stereocenters. The van der Waals surface area contributed by atoms with E-state index < -0.39 is 28.5 Å². The summed E-state index contributed by atoms with van der Waals surface area (Å²) in [7, 11) is -3.96. The van der Waals surface area contributed by atoms with Crippen molar-refractivity contribution in [1.29, 1.82) is 0 Å². The molecule has 1 aromatic carbocycles. The lowest BCUT2D eigenvalue weighted by Gasteiger charge is -2.07. The van der Waals surface area contributed by atoms with Crippen LogP contribution < -0.4 is 10.5 Å². The number of hydrogen-bond donors (Lipinski definition) is 2. The predicted octanol–water partition coefficient (Wildman–Crippen LogP) is 1.66. The summed E-state index contributed by atoms with van der Waals surface area (Å²) >= 11 is 4.36. The molecule has 1 aromatic heterocycles. The van der Waals surface area contributed by atoms with Gasteiger partial charge in [-0.25, -0.2) is 23.3 Å². The second-order valence-corrected chi connectivity index (χ2v) is 7.88. The highest BCUT2D eigenvalue weighted by Gasteiger charge is 2.18. The molecule has 1 amide bonds. The minimum Gasteiger partial charge on any atom is -0.452 e. The lowest BCUT2D eigenvalue weighted by Crippen LogP contribution is -2.21. The standard InChI is InChI=1S/C13H12BrN3O5S2/c1-7-6-23-13(16-7)17-11(18)5-22-12(19)9-4-8(24(15,20)21)2-3-10(9)14/h2-4,6H,5H2,1H3,(H2,15,20,21)(H,16,17,18). The highest BCUT2D eigenvalue weighted by atomic mass is 79.9. The number of halogens is 1. The number of nitrogens with two attached hydrogens (primary N) is 1. The Bertz CT molecular complexity index is 895. The molecule has 0 aliphatic carbocycles. The summed E-state index contributed by atoms with van der Waals surface area (Å²) < 4.78 is 27.9. The molecule has 0 saturated carbocycles. The summed E-state index contributed by atoms with van der Waals surface area (Å²) in [5.41, 5.74) is 0.704. The van der Waals surface area contributed by atoms with Gasteiger partial charge in [0, 0.05) is 9.85 Å². The Kier molecular flexibility index (Phi) is 5.70. The zero-order valence-corrected chi connectivity index (χ0v) is 15.5. The normalized spacial score (nSPS) is 11.1. The molecule has 0 radical (unpaired) electrons. The zero-order chi connectivity index (χ0) is 17.9. The summed E-state index contributed by atoms with van der Waals surface area (Å²) in [5, 5.41) is 9.66. The highest BCUT2D eigenvalue weighted by Crippen LogP contribution is 2.21. The number of hydrogen-bond acceptors (Lipinski definition) is 7. The molecule has 11 heteroatoms. The Morgan fingerprint density at radius 1 is 1.42 bits per heavy atom. The molecule has 0 saturated heterocycles. The van der Waals surface area contributed by atoms with Crippen LogP contribution in [0.25, 0.3) is 0 Å². The number of esters is 1. The third kappa shape index (κ3) is 4.84. The fourth-order valence-electron chi connectivity index (χ4n) is 1.61. The lowest BCUT2D eigenvalue weighted by molar-refractivity contribution is -0.119. The Labute approximate surface area is 150 Å². The van der Waals surface area contributed by atoms with Gasteiger partial charge in [-0.1, -0.05) is 0 Å². The van der Waals surface area contributed by atoms with Crippen LogP contribution in [0.15, 0.2) is 32.9 Å². The molecule has 8 nitrogen and oxygen atoms in total. The number of carbonyl (C=O) groups is 2. The highest BCUT2D eigenvalue weighted by molar-refractivity contribution is 9.10. The molecular weight excluding hydrogens is 422 g/mol. The Morgan fingerprint density at radius 2 is 2.12 bits per heavy atom. The third-order valence-corrected chi connectivity index (χ3v) is 5.16. The number of nitrogens with zero attached hydrogens (tertiary/aromatic N) is 1. The van der Waals surface area contributed by atoms with Crippen LogP contribution >= 0.6 is 27.3 Å². The monoisotopic (exact) mass is 433 g/mol. The molecule has 2 aromatic rings. The summed E-state index contributed by atoms with van der Waals surface area (Å²) in [5.74, 6) is -1.42. The Balaban J connectivity index is 2.03. The minimum atomic E-state index is -3.96. The largest absolute Gasteiger partial charge is 0.452 e. The van der Waals surface area contributed by atoms with Gasteiger partial charge in [-0.15, -0.1) is 11.3 Å². The molecule has 0 spiro atoms. The average Bonchev–Trinajstić information content (AvgIpc) is 2.89. The van der Waals surface area contributed by atoms with Crippen LogP contribution in [-0.2, 0) is 19.6 Å². The maximum Gasteiger partial charge on any atom is 0.339 e. The van der Waals surface area contributed by atoms with Gasteiger partial charge in [0.15, 0.2) is 11.7 Å². The van der Waals surface area contributed by atoms with Gasteiger partial charge in [-0.3, -0.25) is 10.1 Å². The van der Waals surface area contributed by atoms with Crippen molar-refractivity contribution in [2.45, 2.75) is 11.8 Å². The van der Waals surface area contributed by atoms with E-state index >= 15 is 0 Å². The van der Waals surface area contributed by atoms with E-state index in [2.05, 4.69) is 26.2 Å². The number of carbonyl (C=O) groups excluding carboxylic acids is 2. The number of nitrogens with one attached hydrogen (secondary N) is 1. The predicted molar refractivity (Wildman–Crippen MR) is 91.3 cm³/mol. The van der Waals surface area contributed by atoms with Crippen LogP contribution in [0.4, 0.5) is 5.13 Å². The number of thiazole rings is 1. The summed E-state index contributed by atoms with van der Waals surface area (Å²) in [4.78, 5) is 27.6. The van der Waals surface area contributed by atoms with Gasteiger partial charge >= 0.3 is 5.97 Å². The van der Waals surface area contributed by atoms with Crippen LogP contribution in [0.5, 0.6) is 0 Å². The second kappa shape index (κ2) is 7.38. The third-order valence-electron chi connectivity index (χ3n) is 2.69. The molecule has 0 bridgehead atoms. The first-order valence-corrected chi connectivity index (χ1v) is 9.60. The van der Waals surface area contributed by atoms with Crippen molar-refractivity contribution in [2.24, 2.45) is 5.14 Å². The van der Waals surface area contributed by atoms with E-state index in [9.17, 15) is 18.0 Å². The molecular formula is C13H12BrN3O5S2. The SMILES string of the molecule is Cc1csc(NC(=O)COC(=O)c2cc(S(N)(=O)=O)ccc2Br)n1. The number of sulfonamides is 1. The topological polar surface area (TPSA) is 128 Å². The lowest BCUT2D eigenvalue weighted by atomic mass is 10.2. The van der Waals surface area contributed by atoms with Gasteiger partial charge in [0.1, 0.15) is 0 Å². The number of aryl methyl sites for hydroxylation is 1. The number of benzene rings is 1. The maximum absolute atomic E-state index is 12.0. The molecule has 128 valence electrons. The molecule has 0 aliphatic heterocycles. The van der Waals surface area contributed by atoms with E-state index in [0.29, 0.717) is 9.60 Å². The van der Waals surface area contributed by atoms with Crippen LogP contribution in [0.1, 0.15) is 16.1 Å². The van der Waals surface area contributed by atoms with Crippen molar-refractivity contribution in [1.82, 2.24) is 4.98 Å². The number of anilines is 1. The van der Waals surface area contributed by atoms with Gasteiger partial charge in [0.2, 0.25) is 10.0 Å². The van der Waals surface area contributed by atoms with E-state index in [4.69, 9.17) is 9.88 Å². The van der Waals surface area contributed by atoms with Crippen molar-refractivity contribution >= 4 is 54.3 Å². The zero-order valence-electron chi connectivity index (χ0n) is 12.3. The van der Waals surface area contributed by atoms with Crippen LogP contribution in [-0.4, -0.2) is 31.9 Å². The number of ether oxygens (including phenoxy) is 1. The Morgan fingerprint density at radius 3 is 2.71 bits per heavy atom. The summed E-state index contributed by atoms with van der Waals surface area (Å²) in [6.45, 7) is 1.24. The fourth-order valence-corrected chi connectivity index (χ4v) is 3.27. The fraction of sp³-hybridized carbons (Fsp3) is 0.154. The van der Waals surface area contributed by atoms with E-state index in [-0.39, 0.29) is 10.5 Å². The van der Waals surface area contributed by atoms with Gasteiger partial charge in [0.25, 0.3) is 5.91 Å². The van der Waals surface area contributed by atoms with E-state index in [0.717, 1.165) is 11.8 Å². The van der Waals surface area contributed by atoms with Crippen molar-refractivity contribution in [3.63, 3.8) is 0 Å². The first kappa shape index (κ1) is 18.5. The second-order valence-electron chi connectivity index (χ2n) is 4.61. The molecule has 0 fully saturated rings. The van der Waals surface area contributed by atoms with Gasteiger partial charge in [-0.2, -0.15) is 0 Å².